The molecule has 38 heavy (non-hydrogen) atoms. The van der Waals surface area contributed by atoms with Crippen molar-refractivity contribution in [3.63, 3.8) is 0 Å². The van der Waals surface area contributed by atoms with E-state index in [1.165, 1.54) is 24.4 Å². The van der Waals surface area contributed by atoms with E-state index in [0.717, 1.165) is 24.3 Å². The molecule has 0 aliphatic rings. The molecule has 13 heteroatoms. The lowest BCUT2D eigenvalue weighted by molar-refractivity contribution is -0.137. The monoisotopic (exact) mass is 551 g/mol. The van der Waals surface area contributed by atoms with Crippen LogP contribution in [0.15, 0.2) is 54.7 Å². The van der Waals surface area contributed by atoms with E-state index < -0.39 is 56.9 Å². The molecule has 0 saturated carbocycles. The number of hydrogen-bond donors (Lipinski definition) is 2. The molecular weight excluding hydrogens is 537 g/mol. The first-order valence-corrected chi connectivity index (χ1v) is 11.1. The van der Waals surface area contributed by atoms with Gasteiger partial charge in [-0.2, -0.15) is 13.2 Å². The Morgan fingerprint density at radius 3 is 2.53 bits per heavy atom. The molecule has 2 N–H and O–H groups in total. The zero-order valence-electron chi connectivity index (χ0n) is 18.9. The number of hydrogen-bond acceptors (Lipinski definition) is 6. The van der Waals surface area contributed by atoms with Crippen LogP contribution in [0.3, 0.4) is 0 Å². The summed E-state index contributed by atoms with van der Waals surface area (Å²) in [5.41, 5.74) is -3.81. The maximum absolute atomic E-state index is 15.3. The van der Waals surface area contributed by atoms with Crippen LogP contribution in [-0.2, 0) is 6.18 Å². The number of amides is 1. The first-order valence-electron chi connectivity index (χ1n) is 10.7. The molecule has 0 aliphatic carbocycles. The Hall–Kier alpha value is -4.16. The quantitative estimate of drug-likeness (QED) is 0.234. The lowest BCUT2D eigenvalue weighted by atomic mass is 10.0. The van der Waals surface area contributed by atoms with Crippen molar-refractivity contribution in [1.29, 1.82) is 0 Å². The van der Waals surface area contributed by atoms with Crippen LogP contribution in [0, 0.1) is 11.6 Å². The summed E-state index contributed by atoms with van der Waals surface area (Å²) in [6.07, 6.45) is -3.70. The third kappa shape index (κ3) is 5.41. The number of carbonyl (C=O) groups is 2. The summed E-state index contributed by atoms with van der Waals surface area (Å²) in [5.74, 6) is -5.22. The van der Waals surface area contributed by atoms with E-state index >= 15 is 4.39 Å². The third-order valence-electron chi connectivity index (χ3n) is 5.23. The molecular formula is C25H15ClF5N3O4. The number of ketones is 1. The first-order chi connectivity index (χ1) is 18.0. The zero-order valence-corrected chi connectivity index (χ0v) is 19.7. The summed E-state index contributed by atoms with van der Waals surface area (Å²) in [6, 6.07) is 8.18. The van der Waals surface area contributed by atoms with Crippen LogP contribution in [0.5, 0.6) is 5.88 Å². The number of halogens is 6. The maximum Gasteiger partial charge on any atom is 0.418 e. The van der Waals surface area contributed by atoms with Gasteiger partial charge in [0.2, 0.25) is 5.88 Å². The maximum atomic E-state index is 15.3. The van der Waals surface area contributed by atoms with E-state index in [1.54, 1.807) is 0 Å². The number of carbonyl (C=O) groups excluding carboxylic acids is 2. The second-order valence-corrected chi connectivity index (χ2v) is 8.12. The summed E-state index contributed by atoms with van der Waals surface area (Å²) in [5, 5.41) is 10.1. The summed E-state index contributed by atoms with van der Waals surface area (Å²) in [4.78, 5) is 33.9. The number of aliphatic hydroxyl groups excluding tert-OH is 1. The van der Waals surface area contributed by atoms with Gasteiger partial charge in [0.25, 0.3) is 5.91 Å². The lowest BCUT2D eigenvalue weighted by Gasteiger charge is -2.15. The minimum absolute atomic E-state index is 0.0393. The van der Waals surface area contributed by atoms with Gasteiger partial charge < -0.3 is 15.2 Å². The Balaban J connectivity index is 1.69. The largest absolute Gasteiger partial charge is 0.474 e. The van der Waals surface area contributed by atoms with Crippen LogP contribution >= 0.6 is 11.6 Å². The highest BCUT2D eigenvalue weighted by molar-refractivity contribution is 6.32. The fourth-order valence-electron chi connectivity index (χ4n) is 3.55. The van der Waals surface area contributed by atoms with Crippen LogP contribution in [0.2, 0.25) is 5.02 Å². The molecule has 7 nitrogen and oxygen atoms in total. The molecule has 196 valence electrons. The Bertz CT molecular complexity index is 1560. The summed E-state index contributed by atoms with van der Waals surface area (Å²) in [6.45, 7) is -0.341. The number of rotatable bonds is 7. The molecule has 0 fully saturated rings. The van der Waals surface area contributed by atoms with Crippen molar-refractivity contribution in [3.8, 4) is 5.88 Å². The van der Waals surface area contributed by atoms with E-state index in [0.29, 0.717) is 11.6 Å². The predicted octanol–water partition coefficient (Wildman–Crippen LogP) is 5.43. The second kappa shape index (κ2) is 10.7. The van der Waals surface area contributed by atoms with E-state index in [-0.39, 0.29) is 30.2 Å². The van der Waals surface area contributed by atoms with Crippen molar-refractivity contribution in [3.05, 3.63) is 93.6 Å². The number of ether oxygens (including phenoxy) is 1. The van der Waals surface area contributed by atoms with Crippen molar-refractivity contribution in [1.82, 2.24) is 9.97 Å². The number of aliphatic hydroxyl groups is 1. The predicted molar refractivity (Wildman–Crippen MR) is 126 cm³/mol. The molecule has 3 aromatic carbocycles. The van der Waals surface area contributed by atoms with Gasteiger partial charge in [-0.15, -0.1) is 0 Å². The Kier molecular flexibility index (Phi) is 7.56. The average molecular weight is 552 g/mol. The highest BCUT2D eigenvalue weighted by Crippen LogP contribution is 2.37. The molecule has 1 amide bonds. The number of anilines is 1. The van der Waals surface area contributed by atoms with Crippen LogP contribution in [0.25, 0.3) is 11.0 Å². The number of nitrogens with zero attached hydrogens (tertiary/aromatic N) is 2. The Morgan fingerprint density at radius 1 is 1.05 bits per heavy atom. The summed E-state index contributed by atoms with van der Waals surface area (Å²) < 4.78 is 75.4. The lowest BCUT2D eigenvalue weighted by Crippen LogP contribution is -2.20. The highest BCUT2D eigenvalue weighted by Gasteiger charge is 2.38. The third-order valence-corrected chi connectivity index (χ3v) is 5.55. The number of aromatic nitrogens is 2. The zero-order chi connectivity index (χ0) is 27.6. The van der Waals surface area contributed by atoms with Gasteiger partial charge in [-0.1, -0.05) is 17.7 Å². The fraction of sp³-hybridized carbons (Fsp3) is 0.120. The van der Waals surface area contributed by atoms with Gasteiger partial charge >= 0.3 is 6.18 Å². The molecule has 0 aliphatic heterocycles. The van der Waals surface area contributed by atoms with Crippen LogP contribution in [0.1, 0.15) is 31.8 Å². The van der Waals surface area contributed by atoms with Crippen molar-refractivity contribution in [2.24, 2.45) is 0 Å². The van der Waals surface area contributed by atoms with Gasteiger partial charge in [0, 0.05) is 5.56 Å². The van der Waals surface area contributed by atoms with Gasteiger partial charge in [-0.3, -0.25) is 9.59 Å². The summed E-state index contributed by atoms with van der Waals surface area (Å²) >= 11 is 5.63. The van der Waals surface area contributed by atoms with E-state index in [2.05, 4.69) is 9.97 Å². The van der Waals surface area contributed by atoms with Gasteiger partial charge in [0.1, 0.15) is 12.4 Å². The van der Waals surface area contributed by atoms with Crippen molar-refractivity contribution in [2.75, 3.05) is 18.5 Å². The number of fused-ring (bicyclic) bond motifs is 1. The van der Waals surface area contributed by atoms with Gasteiger partial charge in [-0.05, 0) is 42.5 Å². The minimum atomic E-state index is -4.99. The Morgan fingerprint density at radius 2 is 1.82 bits per heavy atom. The minimum Gasteiger partial charge on any atom is -0.474 e. The molecule has 4 rings (SSSR count). The first kappa shape index (κ1) is 26.9. The number of benzene rings is 3. The normalized spacial score (nSPS) is 11.4. The molecule has 0 spiro atoms. The second-order valence-electron chi connectivity index (χ2n) is 7.71. The Labute approximate surface area is 215 Å². The van der Waals surface area contributed by atoms with Crippen molar-refractivity contribution in [2.45, 2.75) is 6.18 Å². The SMILES string of the molecule is O=C(Nc1ccc(F)c(C(=O)c2ccc3ncc(OCCO)nc3c2)c1F)c1cccc(Cl)c1C(F)(F)F. The average Bonchev–Trinajstić information content (AvgIpc) is 2.87. The topological polar surface area (TPSA) is 101 Å². The van der Waals surface area contributed by atoms with Crippen LogP contribution in [0.4, 0.5) is 27.6 Å². The smallest absolute Gasteiger partial charge is 0.418 e. The van der Waals surface area contributed by atoms with Crippen LogP contribution < -0.4 is 10.1 Å². The van der Waals surface area contributed by atoms with Gasteiger partial charge in [0.05, 0.1) is 51.2 Å². The molecule has 0 atom stereocenters. The molecule has 0 radical (unpaired) electrons. The molecule has 0 bridgehead atoms. The van der Waals surface area contributed by atoms with Crippen LogP contribution in [-0.4, -0.2) is 40.0 Å². The molecule has 0 saturated heterocycles. The molecule has 4 aromatic rings. The van der Waals surface area contributed by atoms with Crippen molar-refractivity contribution >= 4 is 40.0 Å². The van der Waals surface area contributed by atoms with Crippen molar-refractivity contribution < 1.29 is 41.4 Å². The number of alkyl halides is 3. The van der Waals surface area contributed by atoms with E-state index in [9.17, 15) is 27.2 Å². The van der Waals surface area contributed by atoms with Gasteiger partial charge in [0.15, 0.2) is 11.6 Å². The van der Waals surface area contributed by atoms with E-state index in [1.807, 2.05) is 5.32 Å². The molecule has 0 unspecified atom stereocenters. The molecule has 1 aromatic heterocycles. The van der Waals surface area contributed by atoms with Gasteiger partial charge in [-0.25, -0.2) is 18.7 Å². The highest BCUT2D eigenvalue weighted by atomic mass is 35.5. The standard InChI is InChI=1S/C25H15ClF5N3O4/c26-14-3-1-2-13(21(14)25(29,30)31)24(37)34-17-7-5-15(27)20(22(17)28)23(36)12-4-6-16-18(10-12)33-19(11-32-16)38-9-8-35/h1-7,10-11,35H,8-9H2,(H,34,37). The number of nitrogens with one attached hydrogen (secondary N) is 1. The fourth-order valence-corrected chi connectivity index (χ4v) is 3.83. The summed E-state index contributed by atoms with van der Waals surface area (Å²) in [7, 11) is 0. The van der Waals surface area contributed by atoms with E-state index in [4.69, 9.17) is 21.4 Å². The molecule has 1 heterocycles.